The second-order valence-electron chi connectivity index (χ2n) is 8.82. The summed E-state index contributed by atoms with van der Waals surface area (Å²) in [5, 5.41) is 0. The molecule has 2 aliphatic heterocycles. The highest BCUT2D eigenvalue weighted by atomic mass is 16.5. The third-order valence-electron chi connectivity index (χ3n) is 7.43. The molecule has 2 fully saturated rings. The fourth-order valence-electron chi connectivity index (χ4n) is 6.29. The van der Waals surface area contributed by atoms with E-state index in [0.29, 0.717) is 11.8 Å². The molecule has 1 saturated heterocycles. The van der Waals surface area contributed by atoms with Crippen LogP contribution in [0.2, 0.25) is 0 Å². The number of allylic oxidation sites excluding steroid dienone is 5. The van der Waals surface area contributed by atoms with Gasteiger partial charge in [0.1, 0.15) is 11.5 Å². The van der Waals surface area contributed by atoms with Crippen LogP contribution >= 0.6 is 0 Å². The topological polar surface area (TPSA) is 52.6 Å². The minimum atomic E-state index is -0.452. The van der Waals surface area contributed by atoms with Gasteiger partial charge in [-0.25, -0.2) is 9.59 Å². The molecule has 6 rings (SSSR count). The highest BCUT2D eigenvalue weighted by Crippen LogP contribution is 2.68. The fraction of sp³-hybridized carbons (Fsp3) is 0.583. The molecule has 4 aliphatic carbocycles. The molecule has 2 heterocycles. The van der Waals surface area contributed by atoms with E-state index < -0.39 is 5.41 Å². The van der Waals surface area contributed by atoms with Crippen LogP contribution in [0.5, 0.6) is 0 Å². The van der Waals surface area contributed by atoms with E-state index in [-0.39, 0.29) is 17.9 Å². The van der Waals surface area contributed by atoms with Crippen LogP contribution < -0.4 is 0 Å². The lowest BCUT2D eigenvalue weighted by atomic mass is 9.47. The van der Waals surface area contributed by atoms with Crippen molar-refractivity contribution in [1.29, 1.82) is 0 Å². The average Bonchev–Trinajstić information content (AvgIpc) is 3.19. The SMILES string of the molecule is CCC/C=C1\OC(=O)C2=C1CC[C@H]1[C@H]3C=C4C(=O)O/C(=C/CCC)[C@]4(CC3)[C@@H]21. The van der Waals surface area contributed by atoms with Gasteiger partial charge in [-0.15, -0.1) is 0 Å². The standard InChI is InChI=1S/C24H28O4/c1-3-5-7-18-16-10-9-15-14-11-12-24(21(15)20(16)23(26)27-18)17(13-14)22(25)28-19(24)8-6-4-2/h7-8,13-15,21H,3-6,9-12H2,1-2H3/b18-7-,19-8+/t14-,15+,21-,24-/m1/s1. The molecular formula is C24H28O4. The van der Waals surface area contributed by atoms with E-state index in [1.807, 2.05) is 0 Å². The molecule has 0 aromatic carbocycles. The molecule has 148 valence electrons. The van der Waals surface area contributed by atoms with Gasteiger partial charge >= 0.3 is 11.9 Å². The molecular weight excluding hydrogens is 352 g/mol. The molecule has 1 spiro atoms. The molecule has 2 bridgehead atoms. The lowest BCUT2D eigenvalue weighted by molar-refractivity contribution is -0.135. The van der Waals surface area contributed by atoms with Crippen molar-refractivity contribution in [3.05, 3.63) is 46.5 Å². The van der Waals surface area contributed by atoms with Crippen molar-refractivity contribution in [2.75, 3.05) is 0 Å². The van der Waals surface area contributed by atoms with Crippen molar-refractivity contribution in [2.45, 2.75) is 65.2 Å². The smallest absolute Gasteiger partial charge is 0.340 e. The Morgan fingerprint density at radius 3 is 2.64 bits per heavy atom. The van der Waals surface area contributed by atoms with Crippen LogP contribution in [0, 0.1) is 23.2 Å². The maximum absolute atomic E-state index is 13.0. The van der Waals surface area contributed by atoms with Crippen LogP contribution in [0.15, 0.2) is 46.5 Å². The van der Waals surface area contributed by atoms with E-state index in [0.717, 1.165) is 79.6 Å². The normalized spacial score (nSPS) is 38.4. The van der Waals surface area contributed by atoms with Crippen molar-refractivity contribution in [1.82, 2.24) is 0 Å². The Balaban J connectivity index is 1.68. The van der Waals surface area contributed by atoms with Gasteiger partial charge in [0.15, 0.2) is 0 Å². The number of ether oxygens (including phenoxy) is 2. The molecule has 28 heavy (non-hydrogen) atoms. The van der Waals surface area contributed by atoms with Gasteiger partial charge in [0.05, 0.1) is 5.41 Å². The largest absolute Gasteiger partial charge is 0.427 e. The fourth-order valence-corrected chi connectivity index (χ4v) is 6.29. The number of cyclic esters (lactones) is 2. The maximum Gasteiger partial charge on any atom is 0.340 e. The minimum Gasteiger partial charge on any atom is -0.427 e. The monoisotopic (exact) mass is 380 g/mol. The van der Waals surface area contributed by atoms with Crippen molar-refractivity contribution in [3.8, 4) is 0 Å². The number of carbonyl (C=O) groups excluding carboxylic acids is 2. The highest BCUT2D eigenvalue weighted by Gasteiger charge is 2.66. The zero-order valence-electron chi connectivity index (χ0n) is 16.8. The van der Waals surface area contributed by atoms with Gasteiger partial charge in [-0.1, -0.05) is 32.8 Å². The lowest BCUT2D eigenvalue weighted by Gasteiger charge is -2.54. The Bertz CT molecular complexity index is 871. The number of carbonyl (C=O) groups is 2. The van der Waals surface area contributed by atoms with Crippen LogP contribution in [-0.2, 0) is 19.1 Å². The lowest BCUT2D eigenvalue weighted by Crippen LogP contribution is -2.50. The summed E-state index contributed by atoms with van der Waals surface area (Å²) in [6, 6.07) is 0. The van der Waals surface area contributed by atoms with E-state index in [4.69, 9.17) is 9.47 Å². The molecule has 4 heteroatoms. The van der Waals surface area contributed by atoms with Gasteiger partial charge in [-0.05, 0) is 62.5 Å². The van der Waals surface area contributed by atoms with Gasteiger partial charge in [-0.3, -0.25) is 0 Å². The molecule has 0 N–H and O–H groups in total. The molecule has 6 aliphatic rings. The first kappa shape index (κ1) is 18.0. The van der Waals surface area contributed by atoms with Crippen molar-refractivity contribution >= 4 is 11.9 Å². The summed E-state index contributed by atoms with van der Waals surface area (Å²) < 4.78 is 11.6. The van der Waals surface area contributed by atoms with Crippen molar-refractivity contribution in [3.63, 3.8) is 0 Å². The molecule has 0 amide bonds. The van der Waals surface area contributed by atoms with E-state index >= 15 is 0 Å². The molecule has 4 nitrogen and oxygen atoms in total. The number of hydrogen-bond acceptors (Lipinski definition) is 4. The van der Waals surface area contributed by atoms with Crippen molar-refractivity contribution < 1.29 is 19.1 Å². The van der Waals surface area contributed by atoms with Gasteiger partial charge < -0.3 is 9.47 Å². The third-order valence-corrected chi connectivity index (χ3v) is 7.43. The molecule has 0 aromatic rings. The first-order valence-corrected chi connectivity index (χ1v) is 10.9. The predicted molar refractivity (Wildman–Crippen MR) is 105 cm³/mol. The molecule has 1 saturated carbocycles. The van der Waals surface area contributed by atoms with E-state index in [1.54, 1.807) is 0 Å². The van der Waals surface area contributed by atoms with E-state index in [1.165, 1.54) is 0 Å². The molecule has 4 atom stereocenters. The Kier molecular flexibility index (Phi) is 4.15. The summed E-state index contributed by atoms with van der Waals surface area (Å²) in [7, 11) is 0. The Labute approximate surface area is 166 Å². The Hall–Kier alpha value is -2.10. The summed E-state index contributed by atoms with van der Waals surface area (Å²) in [6.45, 7) is 4.26. The summed E-state index contributed by atoms with van der Waals surface area (Å²) in [5.41, 5.74) is 2.29. The van der Waals surface area contributed by atoms with Crippen LogP contribution in [-0.4, -0.2) is 11.9 Å². The number of fused-ring (bicyclic) bond motifs is 1. The van der Waals surface area contributed by atoms with Gasteiger partial charge in [0.25, 0.3) is 0 Å². The van der Waals surface area contributed by atoms with Crippen LogP contribution in [0.4, 0.5) is 0 Å². The van der Waals surface area contributed by atoms with Gasteiger partial charge in [0, 0.05) is 22.6 Å². The van der Waals surface area contributed by atoms with Crippen molar-refractivity contribution in [2.24, 2.45) is 23.2 Å². The zero-order valence-corrected chi connectivity index (χ0v) is 16.8. The molecule has 0 radical (unpaired) electrons. The number of esters is 2. The summed E-state index contributed by atoms with van der Waals surface area (Å²) >= 11 is 0. The summed E-state index contributed by atoms with van der Waals surface area (Å²) in [6.07, 6.45) is 14.1. The Morgan fingerprint density at radius 2 is 1.86 bits per heavy atom. The number of rotatable bonds is 4. The van der Waals surface area contributed by atoms with Crippen LogP contribution in [0.25, 0.3) is 0 Å². The van der Waals surface area contributed by atoms with Gasteiger partial charge in [-0.2, -0.15) is 0 Å². The average molecular weight is 380 g/mol. The summed E-state index contributed by atoms with van der Waals surface area (Å²) in [4.78, 5) is 25.8. The van der Waals surface area contributed by atoms with Crippen LogP contribution in [0.1, 0.15) is 65.2 Å². The zero-order chi connectivity index (χ0) is 19.5. The second-order valence-corrected chi connectivity index (χ2v) is 8.82. The predicted octanol–water partition coefficient (Wildman–Crippen LogP) is 5.13. The molecule has 0 unspecified atom stereocenters. The first-order chi connectivity index (χ1) is 13.6. The van der Waals surface area contributed by atoms with Crippen LogP contribution in [0.3, 0.4) is 0 Å². The Morgan fingerprint density at radius 1 is 1.07 bits per heavy atom. The molecule has 0 aromatic heterocycles. The first-order valence-electron chi connectivity index (χ1n) is 10.9. The van der Waals surface area contributed by atoms with Gasteiger partial charge in [0.2, 0.25) is 0 Å². The van der Waals surface area contributed by atoms with E-state index in [2.05, 4.69) is 32.1 Å². The summed E-state index contributed by atoms with van der Waals surface area (Å²) in [5.74, 6) is 1.96. The highest BCUT2D eigenvalue weighted by molar-refractivity contribution is 5.99. The quantitative estimate of drug-likeness (QED) is 0.635. The third kappa shape index (κ3) is 2.23. The minimum absolute atomic E-state index is 0.0181. The number of hydrogen-bond donors (Lipinski definition) is 0. The second kappa shape index (κ2) is 6.47. The maximum atomic E-state index is 13.0. The van der Waals surface area contributed by atoms with E-state index in [9.17, 15) is 9.59 Å². The number of unbranched alkanes of at least 4 members (excludes halogenated alkanes) is 2.